The molecule has 0 aromatic carbocycles. The van der Waals surface area contributed by atoms with E-state index in [4.69, 9.17) is 11.3 Å². The van der Waals surface area contributed by atoms with Crippen LogP contribution in [0.1, 0.15) is 32.4 Å². The molecule has 3 heterocycles. The largest absolute Gasteiger partial charge is 0.474 e. The van der Waals surface area contributed by atoms with Gasteiger partial charge in [0, 0.05) is 26.1 Å². The number of anilines is 2. The molecule has 27 heavy (non-hydrogen) atoms. The van der Waals surface area contributed by atoms with Crippen LogP contribution >= 0.6 is 0 Å². The van der Waals surface area contributed by atoms with Gasteiger partial charge in [0.05, 0.1) is 17.6 Å². The van der Waals surface area contributed by atoms with Gasteiger partial charge in [0.15, 0.2) is 0 Å². The van der Waals surface area contributed by atoms with Crippen molar-refractivity contribution in [2.24, 2.45) is 0 Å². The summed E-state index contributed by atoms with van der Waals surface area (Å²) in [6, 6.07) is 1.61. The number of nitrogens with one attached hydrogen (secondary N) is 2. The standard InChI is InChI=1S/C18H24FN7O/c1-13-14(11-26(25-13)17(2,3)20-4)23-16-22-8-5-15(24-16)27-12-18(19)6-9-21-10-7-18/h5,8,11,21H,6-7,9-10,12H2,1-3H3,(H,22,23,24). The van der Waals surface area contributed by atoms with Crippen molar-refractivity contribution in [1.82, 2.24) is 25.1 Å². The molecule has 8 nitrogen and oxygen atoms in total. The number of alkyl halides is 1. The van der Waals surface area contributed by atoms with E-state index in [1.807, 2.05) is 6.92 Å². The normalized spacial score (nSPS) is 16.6. The number of piperidine rings is 1. The molecule has 0 saturated carbocycles. The van der Waals surface area contributed by atoms with E-state index >= 15 is 0 Å². The zero-order valence-corrected chi connectivity index (χ0v) is 15.8. The number of rotatable bonds is 6. The zero-order valence-electron chi connectivity index (χ0n) is 15.8. The topological polar surface area (TPSA) is 81.2 Å². The first-order chi connectivity index (χ1) is 12.8. The van der Waals surface area contributed by atoms with Gasteiger partial charge < -0.3 is 15.4 Å². The molecule has 1 aliphatic rings. The third-order valence-corrected chi connectivity index (χ3v) is 4.59. The third kappa shape index (κ3) is 4.52. The maximum Gasteiger partial charge on any atom is 0.319 e. The minimum atomic E-state index is -1.33. The van der Waals surface area contributed by atoms with Gasteiger partial charge in [0.2, 0.25) is 11.8 Å². The molecule has 0 radical (unpaired) electrons. The summed E-state index contributed by atoms with van der Waals surface area (Å²) in [6.45, 7) is 14.0. The number of hydrogen-bond donors (Lipinski definition) is 2. The molecule has 0 atom stereocenters. The lowest BCUT2D eigenvalue weighted by molar-refractivity contribution is 0.0519. The Morgan fingerprint density at radius 2 is 2.19 bits per heavy atom. The Balaban J connectivity index is 1.68. The minimum Gasteiger partial charge on any atom is -0.474 e. The highest BCUT2D eigenvalue weighted by Gasteiger charge is 2.32. The average Bonchev–Trinajstić information content (AvgIpc) is 3.02. The molecule has 1 aliphatic heterocycles. The minimum absolute atomic E-state index is 0.0265. The van der Waals surface area contributed by atoms with E-state index in [0.717, 1.165) is 5.69 Å². The van der Waals surface area contributed by atoms with Gasteiger partial charge in [-0.2, -0.15) is 14.8 Å². The summed E-state index contributed by atoms with van der Waals surface area (Å²) in [7, 11) is 0. The van der Waals surface area contributed by atoms with Crippen LogP contribution in [0, 0.1) is 13.5 Å². The van der Waals surface area contributed by atoms with Crippen LogP contribution in [0.2, 0.25) is 0 Å². The van der Waals surface area contributed by atoms with Crippen LogP contribution in [0.3, 0.4) is 0 Å². The van der Waals surface area contributed by atoms with Gasteiger partial charge in [-0.05, 0) is 32.9 Å². The van der Waals surface area contributed by atoms with Crippen LogP contribution in [0.25, 0.3) is 4.85 Å². The Hall–Kier alpha value is -2.73. The number of aryl methyl sites for hydroxylation is 1. The van der Waals surface area contributed by atoms with Gasteiger partial charge in [0.25, 0.3) is 0 Å². The lowest BCUT2D eigenvalue weighted by Gasteiger charge is -2.29. The van der Waals surface area contributed by atoms with E-state index < -0.39 is 11.3 Å². The highest BCUT2D eigenvalue weighted by atomic mass is 19.1. The summed E-state index contributed by atoms with van der Waals surface area (Å²) in [5.41, 5.74) is -0.684. The molecule has 1 saturated heterocycles. The summed E-state index contributed by atoms with van der Waals surface area (Å²) >= 11 is 0. The number of halogens is 1. The summed E-state index contributed by atoms with van der Waals surface area (Å²) in [5, 5.41) is 10.6. The van der Waals surface area contributed by atoms with E-state index in [1.165, 1.54) is 0 Å². The second-order valence-corrected chi connectivity index (χ2v) is 7.21. The molecule has 0 spiro atoms. The first-order valence-corrected chi connectivity index (χ1v) is 8.89. The van der Waals surface area contributed by atoms with E-state index in [0.29, 0.717) is 43.4 Å². The summed E-state index contributed by atoms with van der Waals surface area (Å²) in [4.78, 5) is 12.0. The van der Waals surface area contributed by atoms with Crippen LogP contribution in [0.4, 0.5) is 16.0 Å². The molecule has 144 valence electrons. The smallest absolute Gasteiger partial charge is 0.319 e. The molecule has 3 rings (SSSR count). The fraction of sp³-hybridized carbons (Fsp3) is 0.556. The number of ether oxygens (including phenoxy) is 1. The quantitative estimate of drug-likeness (QED) is 0.758. The van der Waals surface area contributed by atoms with Crippen molar-refractivity contribution >= 4 is 11.6 Å². The number of nitrogens with zero attached hydrogens (tertiary/aromatic N) is 5. The Morgan fingerprint density at radius 3 is 2.89 bits per heavy atom. The van der Waals surface area contributed by atoms with Crippen molar-refractivity contribution in [3.05, 3.63) is 35.6 Å². The first-order valence-electron chi connectivity index (χ1n) is 8.89. The van der Waals surface area contributed by atoms with Crippen molar-refractivity contribution in [3.63, 3.8) is 0 Å². The van der Waals surface area contributed by atoms with Crippen molar-refractivity contribution in [2.45, 2.75) is 44.9 Å². The van der Waals surface area contributed by atoms with E-state index in [1.54, 1.807) is 37.0 Å². The Morgan fingerprint density at radius 1 is 1.44 bits per heavy atom. The highest BCUT2D eigenvalue weighted by molar-refractivity contribution is 5.55. The van der Waals surface area contributed by atoms with Crippen LogP contribution in [0.15, 0.2) is 18.5 Å². The number of hydrogen-bond acceptors (Lipinski definition) is 6. The maximum atomic E-state index is 14.6. The molecule has 9 heteroatoms. The lowest BCUT2D eigenvalue weighted by atomic mass is 9.96. The fourth-order valence-electron chi connectivity index (χ4n) is 2.74. The predicted octanol–water partition coefficient (Wildman–Crippen LogP) is 2.81. The molecule has 0 aliphatic carbocycles. The average molecular weight is 373 g/mol. The van der Waals surface area contributed by atoms with E-state index in [9.17, 15) is 4.39 Å². The zero-order chi connectivity index (χ0) is 19.5. The molecule has 1 fully saturated rings. The molecule has 0 bridgehead atoms. The van der Waals surface area contributed by atoms with Gasteiger partial charge in [-0.1, -0.05) is 0 Å². The SMILES string of the molecule is [C-]#[N+]C(C)(C)n1cc(Nc2nccc(OCC3(F)CCNCC3)n2)c(C)n1. The van der Waals surface area contributed by atoms with Crippen molar-refractivity contribution in [2.75, 3.05) is 25.0 Å². The van der Waals surface area contributed by atoms with Crippen molar-refractivity contribution in [3.8, 4) is 5.88 Å². The molecule has 0 unspecified atom stereocenters. The fourth-order valence-corrected chi connectivity index (χ4v) is 2.74. The highest BCUT2D eigenvalue weighted by Crippen LogP contribution is 2.26. The maximum absolute atomic E-state index is 14.6. The molecule has 2 N–H and O–H groups in total. The molecule has 0 amide bonds. The first kappa shape index (κ1) is 19.0. The lowest BCUT2D eigenvalue weighted by Crippen LogP contribution is -2.42. The van der Waals surface area contributed by atoms with Crippen LogP contribution in [0.5, 0.6) is 5.88 Å². The van der Waals surface area contributed by atoms with Gasteiger partial charge in [-0.3, -0.25) is 4.85 Å². The third-order valence-electron chi connectivity index (χ3n) is 4.59. The second kappa shape index (κ2) is 7.48. The van der Waals surface area contributed by atoms with E-state index in [2.05, 4.69) is 30.5 Å². The van der Waals surface area contributed by atoms with Crippen molar-refractivity contribution < 1.29 is 9.13 Å². The van der Waals surface area contributed by atoms with Crippen LogP contribution in [-0.4, -0.2) is 45.1 Å². The number of aromatic nitrogens is 4. The van der Waals surface area contributed by atoms with Crippen molar-refractivity contribution in [1.29, 1.82) is 0 Å². The molecule has 2 aromatic rings. The second-order valence-electron chi connectivity index (χ2n) is 7.21. The van der Waals surface area contributed by atoms with Gasteiger partial charge in [-0.15, -0.1) is 0 Å². The van der Waals surface area contributed by atoms with Gasteiger partial charge >= 0.3 is 5.66 Å². The van der Waals surface area contributed by atoms with Crippen LogP contribution in [-0.2, 0) is 5.66 Å². The molecular formula is C18H24FN7O. The molecule has 2 aromatic heterocycles. The van der Waals surface area contributed by atoms with Crippen LogP contribution < -0.4 is 15.4 Å². The predicted molar refractivity (Wildman–Crippen MR) is 99.6 cm³/mol. The summed E-state index contributed by atoms with van der Waals surface area (Å²) < 4.78 is 21.8. The Kier molecular flexibility index (Phi) is 5.28. The Labute approximate surface area is 158 Å². The summed E-state index contributed by atoms with van der Waals surface area (Å²) in [5.74, 6) is 0.642. The monoisotopic (exact) mass is 373 g/mol. The molecular weight excluding hydrogens is 349 g/mol. The van der Waals surface area contributed by atoms with E-state index in [-0.39, 0.29) is 6.61 Å². The summed E-state index contributed by atoms with van der Waals surface area (Å²) in [6.07, 6.45) is 4.16. The Bertz CT molecular complexity index is 836. The van der Waals surface area contributed by atoms with Gasteiger partial charge in [-0.25, -0.2) is 15.9 Å². The van der Waals surface area contributed by atoms with Gasteiger partial charge in [0.1, 0.15) is 12.3 Å².